The number of fused-ring (bicyclic) bond motifs is 1. The minimum absolute atomic E-state index is 0.0956. The van der Waals surface area contributed by atoms with E-state index in [0.717, 1.165) is 17.0 Å². The lowest BCUT2D eigenvalue weighted by atomic mass is 10.0. The first-order valence-electron chi connectivity index (χ1n) is 7.08. The van der Waals surface area contributed by atoms with Gasteiger partial charge in [0.05, 0.1) is 28.8 Å². The molecule has 1 aliphatic rings. The zero-order valence-corrected chi connectivity index (χ0v) is 12.5. The van der Waals surface area contributed by atoms with E-state index in [2.05, 4.69) is 0 Å². The summed E-state index contributed by atoms with van der Waals surface area (Å²) in [5.41, 5.74) is -1.49. The number of rotatable bonds is 3. The van der Waals surface area contributed by atoms with Crippen molar-refractivity contribution in [3.05, 3.63) is 70.3 Å². The summed E-state index contributed by atoms with van der Waals surface area (Å²) in [7, 11) is 0. The summed E-state index contributed by atoms with van der Waals surface area (Å²) in [6, 6.07) is 8.29. The van der Waals surface area contributed by atoms with Crippen LogP contribution in [0.5, 0.6) is 0 Å². The Morgan fingerprint density at radius 2 is 1.56 bits per heavy atom. The smallest absolute Gasteiger partial charge is 0.416 e. The van der Waals surface area contributed by atoms with Crippen molar-refractivity contribution in [2.75, 3.05) is 0 Å². The van der Waals surface area contributed by atoms with E-state index in [0.29, 0.717) is 6.07 Å². The lowest BCUT2D eigenvalue weighted by Crippen LogP contribution is -2.29. The van der Waals surface area contributed by atoms with Crippen molar-refractivity contribution in [1.82, 2.24) is 4.90 Å². The first-order chi connectivity index (χ1) is 11.7. The highest BCUT2D eigenvalue weighted by molar-refractivity contribution is 6.21. The molecule has 3 rings (SSSR count). The fourth-order valence-corrected chi connectivity index (χ4v) is 2.64. The second-order valence-corrected chi connectivity index (χ2v) is 5.46. The second kappa shape index (κ2) is 5.73. The molecule has 25 heavy (non-hydrogen) atoms. The van der Waals surface area contributed by atoms with Crippen molar-refractivity contribution in [2.24, 2.45) is 0 Å². The van der Waals surface area contributed by atoms with Gasteiger partial charge in [0.2, 0.25) is 0 Å². The highest BCUT2D eigenvalue weighted by atomic mass is 19.4. The van der Waals surface area contributed by atoms with Gasteiger partial charge in [0.15, 0.2) is 0 Å². The van der Waals surface area contributed by atoms with Crippen LogP contribution in [0.2, 0.25) is 0 Å². The van der Waals surface area contributed by atoms with Crippen LogP contribution < -0.4 is 0 Å². The minimum atomic E-state index is -4.75. The van der Waals surface area contributed by atoms with Gasteiger partial charge < -0.3 is 5.11 Å². The van der Waals surface area contributed by atoms with Crippen LogP contribution in [0.1, 0.15) is 42.2 Å². The number of amides is 2. The number of carbonyl (C=O) groups excluding carboxylic acids is 2. The normalized spacial score (nSPS) is 14.0. The average molecular weight is 349 g/mol. The van der Waals surface area contributed by atoms with E-state index in [1.165, 1.54) is 12.1 Å². The van der Waals surface area contributed by atoms with Gasteiger partial charge in [-0.05, 0) is 35.9 Å². The summed E-state index contributed by atoms with van der Waals surface area (Å²) in [5, 5.41) is 8.99. The summed E-state index contributed by atoms with van der Waals surface area (Å²) in [5.74, 6) is -2.79. The van der Waals surface area contributed by atoms with Gasteiger partial charge in [0, 0.05) is 0 Å². The number of benzene rings is 2. The van der Waals surface area contributed by atoms with Gasteiger partial charge in [-0.15, -0.1) is 0 Å². The monoisotopic (exact) mass is 349 g/mol. The van der Waals surface area contributed by atoms with E-state index in [1.54, 1.807) is 12.1 Å². The van der Waals surface area contributed by atoms with Gasteiger partial charge in [-0.3, -0.25) is 14.5 Å². The van der Waals surface area contributed by atoms with E-state index in [-0.39, 0.29) is 16.7 Å². The molecule has 0 bridgehead atoms. The molecule has 0 aromatic heterocycles. The summed E-state index contributed by atoms with van der Waals surface area (Å²) in [4.78, 5) is 36.4. The molecule has 0 spiro atoms. The Balaban J connectivity index is 1.99. The molecule has 0 atom stereocenters. The zero-order valence-electron chi connectivity index (χ0n) is 12.5. The minimum Gasteiger partial charge on any atom is -0.478 e. The number of hydrogen-bond donors (Lipinski definition) is 1. The van der Waals surface area contributed by atoms with E-state index in [9.17, 15) is 27.6 Å². The molecule has 8 heteroatoms. The first kappa shape index (κ1) is 16.7. The molecule has 2 aromatic carbocycles. The zero-order chi connectivity index (χ0) is 18.4. The van der Waals surface area contributed by atoms with Crippen molar-refractivity contribution in [2.45, 2.75) is 12.7 Å². The van der Waals surface area contributed by atoms with Crippen LogP contribution >= 0.6 is 0 Å². The number of carbonyl (C=O) groups is 3. The molecular weight excluding hydrogens is 339 g/mol. The van der Waals surface area contributed by atoms with Crippen molar-refractivity contribution in [3.8, 4) is 0 Å². The third kappa shape index (κ3) is 2.98. The summed E-state index contributed by atoms with van der Waals surface area (Å²) >= 11 is 0. The van der Waals surface area contributed by atoms with Crippen LogP contribution in [0, 0.1) is 0 Å². The topological polar surface area (TPSA) is 74.7 Å². The van der Waals surface area contributed by atoms with E-state index in [4.69, 9.17) is 5.11 Å². The predicted molar refractivity (Wildman–Crippen MR) is 79.0 cm³/mol. The number of aromatic carboxylic acids is 1. The maximum atomic E-state index is 13.0. The maximum Gasteiger partial charge on any atom is 0.416 e. The summed E-state index contributed by atoms with van der Waals surface area (Å²) in [6.45, 7) is -0.448. The lowest BCUT2D eigenvalue weighted by Gasteiger charge is -2.16. The fourth-order valence-electron chi connectivity index (χ4n) is 2.64. The Labute approximate surface area is 139 Å². The van der Waals surface area contributed by atoms with Gasteiger partial charge in [-0.1, -0.05) is 12.1 Å². The molecule has 128 valence electrons. The number of carboxylic acids is 1. The Morgan fingerprint density at radius 3 is 2.04 bits per heavy atom. The molecule has 2 aromatic rings. The Hall–Kier alpha value is -3.16. The molecule has 0 aliphatic carbocycles. The largest absolute Gasteiger partial charge is 0.478 e. The predicted octanol–water partition coefficient (Wildman–Crippen LogP) is 3.20. The molecule has 0 saturated heterocycles. The van der Waals surface area contributed by atoms with Crippen LogP contribution in [-0.4, -0.2) is 27.8 Å². The molecule has 5 nitrogen and oxygen atoms in total. The quantitative estimate of drug-likeness (QED) is 0.864. The van der Waals surface area contributed by atoms with Crippen LogP contribution in [0.25, 0.3) is 0 Å². The third-order valence-corrected chi connectivity index (χ3v) is 3.79. The van der Waals surface area contributed by atoms with E-state index in [1.807, 2.05) is 0 Å². The fraction of sp³-hybridized carbons (Fsp3) is 0.118. The highest BCUT2D eigenvalue weighted by Gasteiger charge is 2.36. The number of alkyl halides is 3. The molecule has 0 radical (unpaired) electrons. The number of carboxylic acid groups (broad SMARTS) is 1. The molecule has 0 saturated carbocycles. The molecule has 1 heterocycles. The molecule has 1 N–H and O–H groups in total. The SMILES string of the molecule is O=C(O)c1cc(CN2C(=O)c3ccccc3C2=O)cc(C(F)(F)F)c1. The van der Waals surface area contributed by atoms with Crippen LogP contribution in [0.4, 0.5) is 13.2 Å². The van der Waals surface area contributed by atoms with Crippen LogP contribution in [-0.2, 0) is 12.7 Å². The molecule has 2 amide bonds. The Kier molecular flexibility index (Phi) is 3.82. The third-order valence-electron chi connectivity index (χ3n) is 3.79. The second-order valence-electron chi connectivity index (χ2n) is 5.46. The summed E-state index contributed by atoms with van der Waals surface area (Å²) < 4.78 is 38.9. The summed E-state index contributed by atoms with van der Waals surface area (Å²) in [6.07, 6.45) is -4.75. The molecule has 0 unspecified atom stereocenters. The number of nitrogens with zero attached hydrogens (tertiary/aromatic N) is 1. The van der Waals surface area contributed by atoms with E-state index >= 15 is 0 Å². The number of halogens is 3. The first-order valence-corrected chi connectivity index (χ1v) is 7.08. The van der Waals surface area contributed by atoms with Gasteiger partial charge in [0.1, 0.15) is 0 Å². The lowest BCUT2D eigenvalue weighted by molar-refractivity contribution is -0.137. The van der Waals surface area contributed by atoms with Crippen molar-refractivity contribution in [3.63, 3.8) is 0 Å². The maximum absolute atomic E-state index is 13.0. The Bertz CT molecular complexity index is 870. The van der Waals surface area contributed by atoms with Crippen molar-refractivity contribution < 1.29 is 32.7 Å². The van der Waals surface area contributed by atoms with E-state index < -0.39 is 41.6 Å². The van der Waals surface area contributed by atoms with Crippen LogP contribution in [0.15, 0.2) is 42.5 Å². The number of imide groups is 1. The molecule has 0 fully saturated rings. The standard InChI is InChI=1S/C17H10F3NO4/c18-17(19,20)11-6-9(5-10(7-11)16(24)25)8-21-14(22)12-3-1-2-4-13(12)15(21)23/h1-7H,8H2,(H,24,25). The van der Waals surface area contributed by atoms with Gasteiger partial charge in [-0.2, -0.15) is 13.2 Å². The van der Waals surface area contributed by atoms with Gasteiger partial charge in [-0.25, -0.2) is 4.79 Å². The average Bonchev–Trinajstić information content (AvgIpc) is 2.79. The van der Waals surface area contributed by atoms with Gasteiger partial charge >= 0.3 is 12.1 Å². The Morgan fingerprint density at radius 1 is 1.00 bits per heavy atom. The number of hydrogen-bond acceptors (Lipinski definition) is 3. The van der Waals surface area contributed by atoms with Gasteiger partial charge in [0.25, 0.3) is 11.8 Å². The highest BCUT2D eigenvalue weighted by Crippen LogP contribution is 2.32. The van der Waals surface area contributed by atoms with Crippen molar-refractivity contribution >= 4 is 17.8 Å². The molecular formula is C17H10F3NO4. The van der Waals surface area contributed by atoms with Crippen molar-refractivity contribution in [1.29, 1.82) is 0 Å². The van der Waals surface area contributed by atoms with Crippen LogP contribution in [0.3, 0.4) is 0 Å². The molecule has 1 aliphatic heterocycles.